The fourth-order valence-corrected chi connectivity index (χ4v) is 2.25. The van der Waals surface area contributed by atoms with E-state index in [2.05, 4.69) is 31.2 Å². The number of pyridine rings is 2. The molecule has 2 aromatic heterocycles. The second-order valence-corrected chi connectivity index (χ2v) is 5.32. The molecule has 0 radical (unpaired) electrons. The van der Waals surface area contributed by atoms with Gasteiger partial charge < -0.3 is 5.32 Å². The maximum atomic E-state index is 13.7. The third-order valence-electron chi connectivity index (χ3n) is 3.07. The first-order valence-corrected chi connectivity index (χ1v) is 6.50. The number of hydrogen-bond donors (Lipinski definition) is 1. The molecule has 0 bridgehead atoms. The summed E-state index contributed by atoms with van der Waals surface area (Å²) in [4.78, 5) is 8.40. The Labute approximate surface area is 113 Å². The monoisotopic (exact) mass is 307 g/mol. The lowest BCUT2D eigenvalue weighted by atomic mass is 10.1. The Morgan fingerprint density at radius 1 is 1.28 bits per heavy atom. The molecule has 0 aromatic carbocycles. The molecule has 92 valence electrons. The smallest absolute Gasteiger partial charge is 0.166 e. The summed E-state index contributed by atoms with van der Waals surface area (Å²) in [6, 6.07) is 7.17. The molecule has 1 aliphatic carbocycles. The fourth-order valence-electron chi connectivity index (χ4n) is 1.95. The average Bonchev–Trinajstić information content (AvgIpc) is 3.15. The van der Waals surface area contributed by atoms with Gasteiger partial charge in [-0.05, 0) is 47.0 Å². The van der Waals surface area contributed by atoms with Crippen LogP contribution in [0.3, 0.4) is 0 Å². The predicted molar refractivity (Wildman–Crippen MR) is 70.7 cm³/mol. The highest BCUT2D eigenvalue weighted by Crippen LogP contribution is 2.47. The van der Waals surface area contributed by atoms with Crippen LogP contribution in [0.5, 0.6) is 0 Å². The van der Waals surface area contributed by atoms with Gasteiger partial charge in [0.05, 0.1) is 11.2 Å². The van der Waals surface area contributed by atoms with Crippen LogP contribution in [0.4, 0.5) is 10.2 Å². The van der Waals surface area contributed by atoms with Crippen molar-refractivity contribution in [2.45, 2.75) is 18.4 Å². The average molecular weight is 308 g/mol. The van der Waals surface area contributed by atoms with Crippen molar-refractivity contribution in [2.75, 3.05) is 5.32 Å². The Hall–Kier alpha value is -1.49. The molecule has 0 unspecified atom stereocenters. The number of aromatic nitrogens is 2. The Morgan fingerprint density at radius 2 is 2.11 bits per heavy atom. The van der Waals surface area contributed by atoms with Crippen molar-refractivity contribution < 1.29 is 4.39 Å². The zero-order valence-electron chi connectivity index (χ0n) is 9.53. The summed E-state index contributed by atoms with van der Waals surface area (Å²) in [6.07, 6.45) is 5.23. The Kier molecular flexibility index (Phi) is 2.78. The van der Waals surface area contributed by atoms with Crippen molar-refractivity contribution in [1.82, 2.24) is 9.97 Å². The van der Waals surface area contributed by atoms with Crippen LogP contribution in [0.1, 0.15) is 18.5 Å². The summed E-state index contributed by atoms with van der Waals surface area (Å²) in [6.45, 7) is 0. The van der Waals surface area contributed by atoms with E-state index in [1.165, 1.54) is 6.07 Å². The van der Waals surface area contributed by atoms with Gasteiger partial charge in [0.15, 0.2) is 11.6 Å². The van der Waals surface area contributed by atoms with Gasteiger partial charge in [-0.2, -0.15) is 0 Å². The molecule has 0 aliphatic heterocycles. The van der Waals surface area contributed by atoms with Crippen LogP contribution in [-0.2, 0) is 5.54 Å². The molecule has 0 amide bonds. The normalized spacial score (nSPS) is 16.3. The summed E-state index contributed by atoms with van der Waals surface area (Å²) in [5.41, 5.74) is 0.692. The molecule has 2 aromatic rings. The maximum absolute atomic E-state index is 13.7. The third kappa shape index (κ3) is 2.10. The van der Waals surface area contributed by atoms with E-state index >= 15 is 0 Å². The lowest BCUT2D eigenvalue weighted by Crippen LogP contribution is -2.21. The SMILES string of the molecule is Fc1cc(Br)cnc1NC1(c2ccccn2)CC1. The number of rotatable bonds is 3. The first-order valence-electron chi connectivity index (χ1n) is 5.70. The van der Waals surface area contributed by atoms with Crippen molar-refractivity contribution in [3.8, 4) is 0 Å². The Balaban J connectivity index is 1.89. The fraction of sp³-hybridized carbons (Fsp3) is 0.231. The van der Waals surface area contributed by atoms with Gasteiger partial charge in [-0.15, -0.1) is 0 Å². The van der Waals surface area contributed by atoms with Crippen LogP contribution in [0, 0.1) is 5.82 Å². The topological polar surface area (TPSA) is 37.8 Å². The van der Waals surface area contributed by atoms with Crippen LogP contribution in [0.25, 0.3) is 0 Å². The van der Waals surface area contributed by atoms with Gasteiger partial charge in [-0.3, -0.25) is 4.98 Å². The van der Waals surface area contributed by atoms with Crippen molar-refractivity contribution in [2.24, 2.45) is 0 Å². The molecule has 18 heavy (non-hydrogen) atoms. The number of halogens is 2. The van der Waals surface area contributed by atoms with E-state index in [9.17, 15) is 4.39 Å². The summed E-state index contributed by atoms with van der Waals surface area (Å²) in [5, 5.41) is 3.17. The van der Waals surface area contributed by atoms with Gasteiger partial charge in [-0.25, -0.2) is 9.37 Å². The molecular formula is C13H11BrFN3. The largest absolute Gasteiger partial charge is 0.357 e. The molecule has 1 N–H and O–H groups in total. The van der Waals surface area contributed by atoms with Crippen molar-refractivity contribution in [3.63, 3.8) is 0 Å². The molecule has 3 nitrogen and oxygen atoms in total. The number of nitrogens with one attached hydrogen (secondary N) is 1. The van der Waals surface area contributed by atoms with Gasteiger partial charge in [0, 0.05) is 16.9 Å². The second-order valence-electron chi connectivity index (χ2n) is 4.41. The second kappa shape index (κ2) is 4.31. The molecule has 5 heteroatoms. The molecule has 0 saturated heterocycles. The Morgan fingerprint density at radius 3 is 2.72 bits per heavy atom. The van der Waals surface area contributed by atoms with Gasteiger partial charge in [-0.1, -0.05) is 6.07 Å². The molecule has 2 heterocycles. The minimum atomic E-state index is -0.355. The zero-order valence-corrected chi connectivity index (χ0v) is 11.1. The van der Waals surface area contributed by atoms with Crippen LogP contribution in [0.15, 0.2) is 41.1 Å². The molecule has 0 atom stereocenters. The summed E-state index contributed by atoms with van der Waals surface area (Å²) < 4.78 is 14.4. The molecule has 0 spiro atoms. The lowest BCUT2D eigenvalue weighted by molar-refractivity contribution is 0.615. The molecule has 1 saturated carbocycles. The van der Waals surface area contributed by atoms with E-state index < -0.39 is 0 Å². The minimum absolute atomic E-state index is 0.247. The van der Waals surface area contributed by atoms with E-state index in [-0.39, 0.29) is 17.2 Å². The predicted octanol–water partition coefficient (Wildman–Crippen LogP) is 3.48. The summed E-state index contributed by atoms with van der Waals surface area (Å²) in [5.74, 6) is -0.0760. The highest BCUT2D eigenvalue weighted by molar-refractivity contribution is 9.10. The van der Waals surface area contributed by atoms with Crippen LogP contribution < -0.4 is 5.32 Å². The molecule has 1 aliphatic rings. The number of hydrogen-bond acceptors (Lipinski definition) is 3. The van der Waals surface area contributed by atoms with Gasteiger partial charge in [0.2, 0.25) is 0 Å². The molecular weight excluding hydrogens is 297 g/mol. The van der Waals surface area contributed by atoms with Crippen molar-refractivity contribution >= 4 is 21.7 Å². The van der Waals surface area contributed by atoms with Gasteiger partial charge in [0.1, 0.15) is 0 Å². The van der Waals surface area contributed by atoms with Crippen LogP contribution in [0.2, 0.25) is 0 Å². The summed E-state index contributed by atoms with van der Waals surface area (Å²) >= 11 is 3.19. The Bertz CT molecular complexity index is 570. The number of anilines is 1. The van der Waals surface area contributed by atoms with E-state index in [4.69, 9.17) is 0 Å². The summed E-state index contributed by atoms with van der Waals surface area (Å²) in [7, 11) is 0. The zero-order chi connectivity index (χ0) is 12.6. The molecule has 3 rings (SSSR count). The van der Waals surface area contributed by atoms with E-state index in [0.717, 1.165) is 18.5 Å². The minimum Gasteiger partial charge on any atom is -0.357 e. The molecule has 1 fully saturated rings. The van der Waals surface area contributed by atoms with Gasteiger partial charge >= 0.3 is 0 Å². The highest BCUT2D eigenvalue weighted by Gasteiger charge is 2.46. The standard InChI is InChI=1S/C13H11BrFN3/c14-9-7-10(15)12(17-8-9)18-13(4-5-13)11-3-1-2-6-16-11/h1-3,6-8H,4-5H2,(H,17,18). The quantitative estimate of drug-likeness (QED) is 0.943. The maximum Gasteiger partial charge on any atom is 0.166 e. The van der Waals surface area contributed by atoms with Crippen molar-refractivity contribution in [1.29, 1.82) is 0 Å². The first kappa shape index (κ1) is 11.6. The lowest BCUT2D eigenvalue weighted by Gasteiger charge is -2.17. The van der Waals surface area contributed by atoms with Crippen LogP contribution >= 0.6 is 15.9 Å². The van der Waals surface area contributed by atoms with Gasteiger partial charge in [0.25, 0.3) is 0 Å². The third-order valence-corrected chi connectivity index (χ3v) is 3.50. The van der Waals surface area contributed by atoms with E-state index in [1.54, 1.807) is 12.4 Å². The van der Waals surface area contributed by atoms with E-state index in [1.807, 2.05) is 18.2 Å². The van der Waals surface area contributed by atoms with Crippen LogP contribution in [-0.4, -0.2) is 9.97 Å². The van der Waals surface area contributed by atoms with E-state index in [0.29, 0.717) is 4.47 Å². The number of nitrogens with zero attached hydrogens (tertiary/aromatic N) is 2. The first-order chi connectivity index (χ1) is 8.70. The van der Waals surface area contributed by atoms with Crippen molar-refractivity contribution in [3.05, 3.63) is 52.6 Å². The highest BCUT2D eigenvalue weighted by atomic mass is 79.9.